The molecule has 0 aromatic carbocycles. The maximum absolute atomic E-state index is 12.0. The molecule has 1 saturated heterocycles. The van der Waals surface area contributed by atoms with Gasteiger partial charge in [-0.25, -0.2) is 8.42 Å². The van der Waals surface area contributed by atoms with Crippen molar-refractivity contribution in [1.82, 2.24) is 4.90 Å². The van der Waals surface area contributed by atoms with E-state index in [0.29, 0.717) is 25.9 Å². The van der Waals surface area contributed by atoms with E-state index in [9.17, 15) is 18.0 Å². The third kappa shape index (κ3) is 3.92. The molecule has 1 aliphatic carbocycles. The first-order valence-electron chi connectivity index (χ1n) is 6.52. The van der Waals surface area contributed by atoms with Crippen molar-refractivity contribution in [2.24, 2.45) is 5.41 Å². The number of aliphatic carboxylic acids is 1. The Morgan fingerprint density at radius 3 is 2.21 bits per heavy atom. The predicted octanol–water partition coefficient (Wildman–Crippen LogP) is 0.278. The molecule has 108 valence electrons. The Balaban J connectivity index is 1.91. The summed E-state index contributed by atoms with van der Waals surface area (Å²) in [4.78, 5) is 24.1. The lowest BCUT2D eigenvalue weighted by atomic mass is 10.1. The van der Waals surface area contributed by atoms with E-state index in [1.165, 1.54) is 0 Å². The van der Waals surface area contributed by atoms with Crippen LogP contribution in [-0.4, -0.2) is 54.9 Å². The fraction of sp³-hybridized carbons (Fsp3) is 0.833. The maximum Gasteiger partial charge on any atom is 0.303 e. The van der Waals surface area contributed by atoms with Gasteiger partial charge in [-0.1, -0.05) is 0 Å². The lowest BCUT2D eigenvalue weighted by Gasteiger charge is -2.17. The Morgan fingerprint density at radius 2 is 1.74 bits per heavy atom. The molecule has 1 saturated carbocycles. The summed E-state index contributed by atoms with van der Waals surface area (Å²) in [6.45, 7) is 1.27. The number of amides is 1. The van der Waals surface area contributed by atoms with Crippen molar-refractivity contribution in [3.05, 3.63) is 0 Å². The molecule has 2 fully saturated rings. The second-order valence-corrected chi connectivity index (χ2v) is 7.76. The molecule has 0 aromatic rings. The minimum absolute atomic E-state index is 0.121. The summed E-state index contributed by atoms with van der Waals surface area (Å²) < 4.78 is 24.0. The van der Waals surface area contributed by atoms with Gasteiger partial charge in [0.25, 0.3) is 0 Å². The summed E-state index contributed by atoms with van der Waals surface area (Å²) in [5.41, 5.74) is -0.615. The summed E-state index contributed by atoms with van der Waals surface area (Å²) in [5, 5.41) is 8.77. The second-order valence-electron chi connectivity index (χ2n) is 5.69. The highest BCUT2D eigenvalue weighted by Gasteiger charge is 2.48. The van der Waals surface area contributed by atoms with Crippen molar-refractivity contribution in [2.45, 2.75) is 32.1 Å². The van der Waals surface area contributed by atoms with Gasteiger partial charge in [0.15, 0.2) is 9.84 Å². The highest BCUT2D eigenvalue weighted by Crippen LogP contribution is 2.49. The Bertz CT molecular complexity index is 474. The van der Waals surface area contributed by atoms with E-state index >= 15 is 0 Å². The fourth-order valence-corrected chi connectivity index (χ4v) is 4.62. The van der Waals surface area contributed by atoms with Gasteiger partial charge in [-0.15, -0.1) is 0 Å². The molecule has 1 heterocycles. The smallest absolute Gasteiger partial charge is 0.303 e. The molecular formula is C12H19NO5S. The summed E-state index contributed by atoms with van der Waals surface area (Å²) in [6, 6.07) is 0. The van der Waals surface area contributed by atoms with Crippen molar-refractivity contribution in [1.29, 1.82) is 0 Å². The number of carboxylic acids is 1. The monoisotopic (exact) mass is 289 g/mol. The number of carbonyl (C=O) groups is 2. The maximum atomic E-state index is 12.0. The van der Waals surface area contributed by atoms with E-state index in [2.05, 4.69) is 0 Å². The molecule has 7 heteroatoms. The van der Waals surface area contributed by atoms with Crippen LogP contribution in [0.25, 0.3) is 0 Å². The lowest BCUT2D eigenvalue weighted by molar-refractivity contribution is -0.138. The van der Waals surface area contributed by atoms with Gasteiger partial charge in [0.2, 0.25) is 5.91 Å². The van der Waals surface area contributed by atoms with Crippen LogP contribution in [0.5, 0.6) is 0 Å². The summed E-state index contributed by atoms with van der Waals surface area (Å²) in [7, 11) is -3.51. The van der Waals surface area contributed by atoms with Crippen LogP contribution in [0.1, 0.15) is 32.1 Å². The number of sulfone groups is 1. The topological polar surface area (TPSA) is 91.7 Å². The van der Waals surface area contributed by atoms with E-state index in [0.717, 1.165) is 12.8 Å². The molecule has 2 aliphatic rings. The van der Waals surface area contributed by atoms with Crippen LogP contribution in [0.3, 0.4) is 0 Å². The molecule has 1 N–H and O–H groups in total. The standard InChI is InChI=1S/C12H19NO5S/c14-10(13-5-1-2-6-13)8-19(17,18)9-12(3-4-12)7-11(15)16/h1-9H2,(H,15,16). The van der Waals surface area contributed by atoms with Crippen LogP contribution in [0.4, 0.5) is 0 Å². The molecule has 1 amide bonds. The number of carbonyl (C=O) groups excluding carboxylic acids is 1. The van der Waals surface area contributed by atoms with Crippen LogP contribution >= 0.6 is 0 Å². The molecule has 6 nitrogen and oxygen atoms in total. The Hall–Kier alpha value is -1.11. The van der Waals surface area contributed by atoms with Gasteiger partial charge >= 0.3 is 5.97 Å². The Labute approximate surface area is 112 Å². The van der Waals surface area contributed by atoms with Crippen LogP contribution in [0.15, 0.2) is 0 Å². The zero-order valence-electron chi connectivity index (χ0n) is 10.8. The van der Waals surface area contributed by atoms with Crippen molar-refractivity contribution in [3.8, 4) is 0 Å². The number of nitrogens with zero attached hydrogens (tertiary/aromatic N) is 1. The molecule has 2 rings (SSSR count). The SMILES string of the molecule is O=C(O)CC1(CS(=O)(=O)CC(=O)N2CCCC2)CC1. The largest absolute Gasteiger partial charge is 0.481 e. The third-order valence-corrected chi connectivity index (χ3v) is 5.55. The van der Waals surface area contributed by atoms with Crippen molar-refractivity contribution >= 4 is 21.7 Å². The third-order valence-electron chi connectivity index (χ3n) is 3.81. The summed E-state index contributed by atoms with van der Waals surface area (Å²) in [6.07, 6.45) is 2.97. The Kier molecular flexibility index (Phi) is 3.85. The van der Waals surface area contributed by atoms with E-state index in [-0.39, 0.29) is 18.1 Å². The van der Waals surface area contributed by atoms with Crippen LogP contribution in [0, 0.1) is 5.41 Å². The number of carboxylic acid groups (broad SMARTS) is 1. The van der Waals surface area contributed by atoms with Gasteiger partial charge in [-0.3, -0.25) is 9.59 Å². The van der Waals surface area contributed by atoms with E-state index < -0.39 is 27.0 Å². The first-order valence-corrected chi connectivity index (χ1v) is 8.34. The molecule has 1 aliphatic heterocycles. The molecule has 0 atom stereocenters. The number of rotatable bonds is 6. The average Bonchev–Trinajstić information content (AvgIpc) is 2.81. The first-order chi connectivity index (χ1) is 8.82. The molecule has 0 radical (unpaired) electrons. The van der Waals surface area contributed by atoms with Gasteiger partial charge in [0, 0.05) is 13.1 Å². The van der Waals surface area contributed by atoms with Crippen molar-refractivity contribution in [2.75, 3.05) is 24.6 Å². The molecular weight excluding hydrogens is 270 g/mol. The quantitative estimate of drug-likeness (QED) is 0.758. The molecule has 0 spiro atoms. The van der Waals surface area contributed by atoms with Gasteiger partial charge < -0.3 is 10.0 Å². The minimum atomic E-state index is -3.51. The lowest BCUT2D eigenvalue weighted by Crippen LogP contribution is -2.35. The van der Waals surface area contributed by atoms with E-state index in [4.69, 9.17) is 5.11 Å². The second kappa shape index (κ2) is 5.11. The molecule has 0 aromatic heterocycles. The zero-order chi connectivity index (χ0) is 14.1. The number of hydrogen-bond donors (Lipinski definition) is 1. The van der Waals surface area contributed by atoms with Gasteiger partial charge in [0.05, 0.1) is 12.2 Å². The number of hydrogen-bond acceptors (Lipinski definition) is 4. The summed E-state index contributed by atoms with van der Waals surface area (Å²) in [5.74, 6) is -1.97. The Morgan fingerprint density at radius 1 is 1.16 bits per heavy atom. The molecule has 19 heavy (non-hydrogen) atoms. The highest BCUT2D eigenvalue weighted by atomic mass is 32.2. The molecule has 0 unspecified atom stereocenters. The highest BCUT2D eigenvalue weighted by molar-refractivity contribution is 7.92. The van der Waals surface area contributed by atoms with Gasteiger partial charge in [-0.2, -0.15) is 0 Å². The van der Waals surface area contributed by atoms with E-state index in [1.807, 2.05) is 0 Å². The normalized spacial score (nSPS) is 21.4. The first kappa shape index (κ1) is 14.3. The van der Waals surface area contributed by atoms with Crippen molar-refractivity contribution in [3.63, 3.8) is 0 Å². The molecule has 0 bridgehead atoms. The fourth-order valence-electron chi connectivity index (χ4n) is 2.63. The van der Waals surface area contributed by atoms with E-state index in [1.54, 1.807) is 4.90 Å². The van der Waals surface area contributed by atoms with Crippen LogP contribution in [0.2, 0.25) is 0 Å². The van der Waals surface area contributed by atoms with Gasteiger partial charge in [0.1, 0.15) is 5.75 Å². The average molecular weight is 289 g/mol. The predicted molar refractivity (Wildman–Crippen MR) is 68.4 cm³/mol. The van der Waals surface area contributed by atoms with Crippen LogP contribution < -0.4 is 0 Å². The minimum Gasteiger partial charge on any atom is -0.481 e. The van der Waals surface area contributed by atoms with Crippen LogP contribution in [-0.2, 0) is 19.4 Å². The zero-order valence-corrected chi connectivity index (χ0v) is 11.6. The van der Waals surface area contributed by atoms with Gasteiger partial charge in [-0.05, 0) is 31.1 Å². The van der Waals surface area contributed by atoms with Crippen molar-refractivity contribution < 1.29 is 23.1 Å². The number of likely N-dealkylation sites (tertiary alicyclic amines) is 1. The summed E-state index contributed by atoms with van der Waals surface area (Å²) >= 11 is 0.